The van der Waals surface area contributed by atoms with Crippen molar-refractivity contribution in [3.8, 4) is 0 Å². The lowest BCUT2D eigenvalue weighted by molar-refractivity contribution is -0.327. The van der Waals surface area contributed by atoms with Crippen LogP contribution in [0.3, 0.4) is 0 Å². The molecule has 6 aliphatic rings. The van der Waals surface area contributed by atoms with Crippen LogP contribution < -0.4 is 0 Å². The summed E-state index contributed by atoms with van der Waals surface area (Å²) in [6, 6.07) is 0. The monoisotopic (exact) mass is 478 g/mol. The Morgan fingerprint density at radius 3 is 2.44 bits per heavy atom. The van der Waals surface area contributed by atoms with E-state index in [4.69, 9.17) is 9.47 Å². The van der Waals surface area contributed by atoms with Crippen LogP contribution in [0, 0.1) is 34.5 Å². The Hall–Kier alpha value is -0.540. The van der Waals surface area contributed by atoms with Crippen LogP contribution in [0.2, 0.25) is 0 Å². The van der Waals surface area contributed by atoms with Gasteiger partial charge in [0.25, 0.3) is 0 Å². The molecule has 5 N–H and O–H groups in total. The van der Waals surface area contributed by atoms with E-state index in [1.165, 1.54) is 5.57 Å². The minimum atomic E-state index is -1.54. The average Bonchev–Trinajstić information content (AvgIpc) is 3.10. The highest BCUT2D eigenvalue weighted by molar-refractivity contribution is 5.34. The largest absolute Gasteiger partial charge is 0.393 e. The summed E-state index contributed by atoms with van der Waals surface area (Å²) in [7, 11) is 0. The van der Waals surface area contributed by atoms with Crippen molar-refractivity contribution in [2.45, 2.75) is 114 Å². The number of allylic oxidation sites excluding steroid dienone is 1. The van der Waals surface area contributed by atoms with Crippen LogP contribution in [-0.2, 0) is 9.47 Å². The smallest absolute Gasteiger partial charge is 0.200 e. The molecule has 0 aromatic carbocycles. The predicted octanol–water partition coefficient (Wildman–Crippen LogP) is 1.89. The van der Waals surface area contributed by atoms with Gasteiger partial charge in [0.1, 0.15) is 11.7 Å². The third-order valence-electron chi connectivity index (χ3n) is 11.9. The van der Waals surface area contributed by atoms with Crippen LogP contribution in [0.4, 0.5) is 0 Å². The first-order valence-electron chi connectivity index (χ1n) is 13.3. The van der Waals surface area contributed by atoms with Gasteiger partial charge in [0.15, 0.2) is 5.79 Å². The number of ether oxygens (including phenoxy) is 2. The zero-order valence-corrected chi connectivity index (χ0v) is 20.9. The second-order valence-electron chi connectivity index (χ2n) is 13.1. The summed E-state index contributed by atoms with van der Waals surface area (Å²) in [5, 5.41) is 58.0. The second-order valence-corrected chi connectivity index (χ2v) is 13.1. The normalized spacial score (nSPS) is 63.0. The second kappa shape index (κ2) is 7.06. The Bertz CT molecular complexity index is 907. The van der Waals surface area contributed by atoms with E-state index >= 15 is 0 Å². The number of rotatable bonds is 0. The fraction of sp³-hybridized carbons (Fsp3) is 0.926. The van der Waals surface area contributed by atoms with Crippen LogP contribution in [0.15, 0.2) is 11.6 Å². The molecule has 5 fully saturated rings. The van der Waals surface area contributed by atoms with Gasteiger partial charge in [0.2, 0.25) is 0 Å². The average molecular weight is 479 g/mol. The molecule has 2 aliphatic heterocycles. The maximum Gasteiger partial charge on any atom is 0.200 e. The molecule has 6 rings (SSSR count). The number of hydrogen-bond donors (Lipinski definition) is 5. The van der Waals surface area contributed by atoms with Gasteiger partial charge in [-0.1, -0.05) is 39.3 Å². The Morgan fingerprint density at radius 1 is 1.00 bits per heavy atom. The Morgan fingerprint density at radius 2 is 1.74 bits per heavy atom. The van der Waals surface area contributed by atoms with Crippen molar-refractivity contribution >= 4 is 0 Å². The van der Waals surface area contributed by atoms with E-state index in [0.29, 0.717) is 32.3 Å². The van der Waals surface area contributed by atoms with Gasteiger partial charge in [-0.15, -0.1) is 0 Å². The standard InChI is InChI=1S/C27H42O7/c1-14-9-21(30)27(33-13-14)15(2)26(32)22(34-27)12-25(31)18-6-5-16-10-17(28)7-8-23(16,3)19(18)11-20(29)24(25,26)4/h5,14-15,17-22,28-32H,6-13H2,1-4H3/t14-,15+,17+,18-,19+,20+,21+,22+,23+,24+,25-,26-,27+/m1/s1. The highest BCUT2D eigenvalue weighted by Gasteiger charge is 2.84. The molecule has 2 saturated heterocycles. The van der Waals surface area contributed by atoms with Crippen molar-refractivity contribution in [2.75, 3.05) is 6.61 Å². The number of aliphatic hydroxyl groups excluding tert-OH is 3. The highest BCUT2D eigenvalue weighted by Crippen LogP contribution is 2.73. The molecule has 4 aliphatic carbocycles. The summed E-state index contributed by atoms with van der Waals surface area (Å²) in [4.78, 5) is 0. The van der Waals surface area contributed by atoms with Gasteiger partial charge in [-0.05, 0) is 61.7 Å². The van der Waals surface area contributed by atoms with Crippen molar-refractivity contribution in [3.05, 3.63) is 11.6 Å². The lowest BCUT2D eigenvalue weighted by atomic mass is 9.43. The van der Waals surface area contributed by atoms with Crippen molar-refractivity contribution in [1.29, 1.82) is 0 Å². The third-order valence-corrected chi connectivity index (χ3v) is 11.9. The first-order valence-corrected chi connectivity index (χ1v) is 13.3. The van der Waals surface area contributed by atoms with E-state index in [1.807, 2.05) is 20.8 Å². The maximum absolute atomic E-state index is 12.5. The molecule has 13 atom stereocenters. The Kier molecular flexibility index (Phi) is 4.95. The van der Waals surface area contributed by atoms with Gasteiger partial charge >= 0.3 is 0 Å². The van der Waals surface area contributed by atoms with E-state index in [1.54, 1.807) is 0 Å². The fourth-order valence-electron chi connectivity index (χ4n) is 9.68. The molecule has 0 aromatic rings. The van der Waals surface area contributed by atoms with E-state index in [2.05, 4.69) is 13.0 Å². The summed E-state index contributed by atoms with van der Waals surface area (Å²) in [5.74, 6) is -1.80. The summed E-state index contributed by atoms with van der Waals surface area (Å²) < 4.78 is 12.6. The van der Waals surface area contributed by atoms with Gasteiger partial charge in [0, 0.05) is 12.3 Å². The molecular weight excluding hydrogens is 436 g/mol. The molecule has 0 aromatic heterocycles. The molecule has 0 amide bonds. The lowest BCUT2D eigenvalue weighted by Crippen LogP contribution is -2.72. The first-order chi connectivity index (χ1) is 15.8. The molecule has 7 heteroatoms. The Labute approximate surface area is 202 Å². The molecular formula is C27H42O7. The predicted molar refractivity (Wildman–Crippen MR) is 123 cm³/mol. The summed E-state index contributed by atoms with van der Waals surface area (Å²) in [6.07, 6.45) is 3.46. The maximum atomic E-state index is 12.5. The van der Waals surface area contributed by atoms with Crippen molar-refractivity contribution in [3.63, 3.8) is 0 Å². The van der Waals surface area contributed by atoms with Crippen LogP contribution in [-0.4, -0.2) is 73.5 Å². The number of aliphatic hydroxyl groups is 5. The summed E-state index contributed by atoms with van der Waals surface area (Å²) in [6.45, 7) is 8.36. The zero-order valence-electron chi connectivity index (χ0n) is 20.9. The van der Waals surface area contributed by atoms with E-state index in [-0.39, 0.29) is 35.7 Å². The minimum Gasteiger partial charge on any atom is -0.393 e. The molecule has 192 valence electrons. The van der Waals surface area contributed by atoms with Crippen molar-refractivity contribution in [2.24, 2.45) is 34.5 Å². The SMILES string of the molecule is C[C@H]1CO[C@@]2(O[C@H]3C[C@@]4(O)[C@@H]5CC=C6C[C@@H](O)CC[C@]6(C)[C@H]5C[C@H](O)[C@]4(C)[C@@]3(O)[C@@H]2C)[C@@H](O)C1. The molecule has 3 saturated carbocycles. The summed E-state index contributed by atoms with van der Waals surface area (Å²) >= 11 is 0. The van der Waals surface area contributed by atoms with Crippen LogP contribution in [0.5, 0.6) is 0 Å². The van der Waals surface area contributed by atoms with Crippen LogP contribution in [0.25, 0.3) is 0 Å². The molecule has 0 radical (unpaired) electrons. The van der Waals surface area contributed by atoms with E-state index in [0.717, 1.165) is 12.8 Å². The minimum absolute atomic E-state index is 0.0668. The van der Waals surface area contributed by atoms with Gasteiger partial charge in [-0.25, -0.2) is 0 Å². The summed E-state index contributed by atoms with van der Waals surface area (Å²) in [5.41, 5.74) is -3.01. The third kappa shape index (κ3) is 2.48. The molecule has 0 bridgehead atoms. The molecule has 1 spiro atoms. The van der Waals surface area contributed by atoms with E-state index in [9.17, 15) is 25.5 Å². The molecule has 7 nitrogen and oxygen atoms in total. The van der Waals surface area contributed by atoms with Gasteiger partial charge < -0.3 is 35.0 Å². The zero-order chi connectivity index (χ0) is 24.5. The van der Waals surface area contributed by atoms with Crippen molar-refractivity contribution in [1.82, 2.24) is 0 Å². The van der Waals surface area contributed by atoms with Gasteiger partial charge in [-0.2, -0.15) is 0 Å². The first kappa shape index (κ1) is 23.8. The van der Waals surface area contributed by atoms with E-state index < -0.39 is 46.6 Å². The quantitative estimate of drug-likeness (QED) is 0.337. The molecule has 34 heavy (non-hydrogen) atoms. The van der Waals surface area contributed by atoms with Crippen LogP contribution in [0.1, 0.15) is 72.6 Å². The van der Waals surface area contributed by atoms with Gasteiger partial charge in [-0.3, -0.25) is 0 Å². The lowest BCUT2D eigenvalue weighted by Gasteiger charge is -2.64. The molecule has 0 unspecified atom stereocenters. The topological polar surface area (TPSA) is 120 Å². The highest BCUT2D eigenvalue weighted by atomic mass is 16.7. The molecule has 2 heterocycles. The van der Waals surface area contributed by atoms with Gasteiger partial charge in [0.05, 0.1) is 35.9 Å². The fourth-order valence-corrected chi connectivity index (χ4v) is 9.68. The number of hydrogen-bond acceptors (Lipinski definition) is 7. The van der Waals surface area contributed by atoms with Crippen LogP contribution >= 0.6 is 0 Å². The number of fused-ring (bicyclic) bond motifs is 7. The Balaban J connectivity index is 1.41. The van der Waals surface area contributed by atoms with Crippen molar-refractivity contribution < 1.29 is 35.0 Å².